The van der Waals surface area contributed by atoms with Gasteiger partial charge in [-0.25, -0.2) is 0 Å². The summed E-state index contributed by atoms with van der Waals surface area (Å²) >= 11 is 3.39. The number of nitrogens with zero attached hydrogens (tertiary/aromatic N) is 1. The number of para-hydroxylation sites is 1. The second kappa shape index (κ2) is 9.10. The van der Waals surface area contributed by atoms with Crippen molar-refractivity contribution >= 4 is 33.4 Å². The molecule has 6 nitrogen and oxygen atoms in total. The van der Waals surface area contributed by atoms with Crippen LogP contribution in [0.15, 0.2) is 40.9 Å². The van der Waals surface area contributed by atoms with Gasteiger partial charge in [-0.1, -0.05) is 12.1 Å². The summed E-state index contributed by atoms with van der Waals surface area (Å²) in [6.45, 7) is 1.50. The average Bonchev–Trinajstić information content (AvgIpc) is 2.74. The fourth-order valence-corrected chi connectivity index (χ4v) is 3.79. The van der Waals surface area contributed by atoms with E-state index in [4.69, 9.17) is 9.47 Å². The Bertz CT molecular complexity index is 853. The Morgan fingerprint density at radius 2 is 1.61 bits per heavy atom. The maximum atomic E-state index is 12.9. The third-order valence-corrected chi connectivity index (χ3v) is 5.54. The number of likely N-dealkylation sites (tertiary alicyclic amines) is 1. The van der Waals surface area contributed by atoms with Gasteiger partial charge in [0.25, 0.3) is 11.8 Å². The molecule has 1 fully saturated rings. The topological polar surface area (TPSA) is 67.9 Å². The normalized spacial score (nSPS) is 13.8. The number of piperidine rings is 1. The van der Waals surface area contributed by atoms with E-state index in [0.29, 0.717) is 32.8 Å². The highest BCUT2D eigenvalue weighted by Crippen LogP contribution is 2.36. The number of rotatable bonds is 5. The van der Waals surface area contributed by atoms with Crippen LogP contribution in [0.2, 0.25) is 0 Å². The van der Waals surface area contributed by atoms with Crippen molar-refractivity contribution in [3.63, 3.8) is 0 Å². The van der Waals surface area contributed by atoms with E-state index in [0.717, 1.165) is 32.4 Å². The minimum absolute atomic E-state index is 0.0541. The predicted octanol–water partition coefficient (Wildman–Crippen LogP) is 4.34. The van der Waals surface area contributed by atoms with Gasteiger partial charge in [0.15, 0.2) is 0 Å². The standard InChI is InChI=1S/C21H23BrN2O4/c1-27-17-12-14(13-18(28-2)19(17)22)20(25)23-16-9-5-4-8-15(16)21(26)24-10-6-3-7-11-24/h4-5,8-9,12-13H,3,6-7,10-11H2,1-2H3,(H,23,25). The van der Waals surface area contributed by atoms with Gasteiger partial charge in [0.1, 0.15) is 16.0 Å². The highest BCUT2D eigenvalue weighted by Gasteiger charge is 2.22. The Morgan fingerprint density at radius 1 is 1.00 bits per heavy atom. The molecule has 2 amide bonds. The van der Waals surface area contributed by atoms with E-state index in [-0.39, 0.29) is 11.8 Å². The maximum absolute atomic E-state index is 12.9. The molecule has 28 heavy (non-hydrogen) atoms. The monoisotopic (exact) mass is 446 g/mol. The van der Waals surface area contributed by atoms with Crippen LogP contribution >= 0.6 is 15.9 Å². The van der Waals surface area contributed by atoms with E-state index >= 15 is 0 Å². The van der Waals surface area contributed by atoms with Gasteiger partial charge >= 0.3 is 0 Å². The Kier molecular flexibility index (Phi) is 6.57. The Hall–Kier alpha value is -2.54. The number of nitrogens with one attached hydrogen (secondary N) is 1. The summed E-state index contributed by atoms with van der Waals surface area (Å²) in [7, 11) is 3.04. The average molecular weight is 447 g/mol. The number of carbonyl (C=O) groups is 2. The molecule has 1 saturated heterocycles. The van der Waals surface area contributed by atoms with E-state index in [1.807, 2.05) is 4.90 Å². The van der Waals surface area contributed by atoms with Gasteiger partial charge in [-0.15, -0.1) is 0 Å². The molecule has 1 N–H and O–H groups in total. The Balaban J connectivity index is 1.86. The number of hydrogen-bond donors (Lipinski definition) is 1. The molecule has 148 valence electrons. The van der Waals surface area contributed by atoms with Gasteiger partial charge < -0.3 is 19.7 Å². The van der Waals surface area contributed by atoms with E-state index in [9.17, 15) is 9.59 Å². The van der Waals surface area contributed by atoms with Crippen LogP contribution in [0.25, 0.3) is 0 Å². The van der Waals surface area contributed by atoms with Crippen LogP contribution in [0.4, 0.5) is 5.69 Å². The third kappa shape index (κ3) is 4.30. The molecule has 0 aromatic heterocycles. The van der Waals surface area contributed by atoms with E-state index in [2.05, 4.69) is 21.2 Å². The van der Waals surface area contributed by atoms with Crippen molar-refractivity contribution < 1.29 is 19.1 Å². The smallest absolute Gasteiger partial charge is 0.255 e. The largest absolute Gasteiger partial charge is 0.495 e. The molecule has 0 aliphatic carbocycles. The zero-order valence-corrected chi connectivity index (χ0v) is 17.5. The molecule has 0 atom stereocenters. The van der Waals surface area contributed by atoms with Crippen LogP contribution < -0.4 is 14.8 Å². The Morgan fingerprint density at radius 3 is 2.21 bits per heavy atom. The molecule has 0 bridgehead atoms. The third-order valence-electron chi connectivity index (χ3n) is 4.76. The lowest BCUT2D eigenvalue weighted by Gasteiger charge is -2.27. The van der Waals surface area contributed by atoms with Crippen LogP contribution in [0, 0.1) is 0 Å². The van der Waals surface area contributed by atoms with Gasteiger partial charge in [-0.05, 0) is 59.5 Å². The number of halogens is 1. The second-order valence-electron chi connectivity index (χ2n) is 6.55. The van der Waals surface area contributed by atoms with Gasteiger partial charge in [0.05, 0.1) is 25.5 Å². The summed E-state index contributed by atoms with van der Waals surface area (Å²) < 4.78 is 11.2. The minimum Gasteiger partial charge on any atom is -0.495 e. The fourth-order valence-electron chi connectivity index (χ4n) is 3.24. The number of amides is 2. The molecule has 2 aromatic carbocycles. The number of benzene rings is 2. The first-order chi connectivity index (χ1) is 13.5. The molecule has 7 heteroatoms. The number of carbonyl (C=O) groups excluding carboxylic acids is 2. The maximum Gasteiger partial charge on any atom is 0.255 e. The summed E-state index contributed by atoms with van der Waals surface area (Å²) in [6, 6.07) is 10.3. The SMILES string of the molecule is COc1cc(C(=O)Nc2ccccc2C(=O)N2CCCCC2)cc(OC)c1Br. The molecule has 0 unspecified atom stereocenters. The van der Waals surface area contributed by atoms with E-state index in [1.54, 1.807) is 36.4 Å². The number of anilines is 1. The molecule has 1 heterocycles. The lowest BCUT2D eigenvalue weighted by atomic mass is 10.1. The van der Waals surface area contributed by atoms with Crippen LogP contribution in [-0.2, 0) is 0 Å². The molecular weight excluding hydrogens is 424 g/mol. The zero-order chi connectivity index (χ0) is 20.1. The Labute approximate surface area is 172 Å². The highest BCUT2D eigenvalue weighted by molar-refractivity contribution is 9.10. The zero-order valence-electron chi connectivity index (χ0n) is 16.0. The lowest BCUT2D eigenvalue weighted by molar-refractivity contribution is 0.0725. The van der Waals surface area contributed by atoms with Crippen molar-refractivity contribution in [3.05, 3.63) is 52.0 Å². The first-order valence-electron chi connectivity index (χ1n) is 9.16. The van der Waals surface area contributed by atoms with Crippen molar-refractivity contribution in [1.29, 1.82) is 0 Å². The summed E-state index contributed by atoms with van der Waals surface area (Å²) in [4.78, 5) is 27.6. The van der Waals surface area contributed by atoms with Crippen LogP contribution in [0.5, 0.6) is 11.5 Å². The molecule has 0 saturated carbocycles. The van der Waals surface area contributed by atoms with Crippen molar-refractivity contribution in [1.82, 2.24) is 4.90 Å². The summed E-state index contributed by atoms with van der Waals surface area (Å²) in [5, 5.41) is 2.86. The number of hydrogen-bond acceptors (Lipinski definition) is 4. The van der Waals surface area contributed by atoms with E-state index in [1.165, 1.54) is 14.2 Å². The van der Waals surface area contributed by atoms with E-state index < -0.39 is 0 Å². The van der Waals surface area contributed by atoms with Crippen molar-refractivity contribution in [2.75, 3.05) is 32.6 Å². The summed E-state index contributed by atoms with van der Waals surface area (Å²) in [5.41, 5.74) is 1.36. The predicted molar refractivity (Wildman–Crippen MR) is 111 cm³/mol. The summed E-state index contributed by atoms with van der Waals surface area (Å²) in [5.74, 6) is 0.578. The van der Waals surface area contributed by atoms with Crippen LogP contribution in [0.1, 0.15) is 40.0 Å². The van der Waals surface area contributed by atoms with Gasteiger partial charge in [0, 0.05) is 18.7 Å². The molecular formula is C21H23BrN2O4. The first-order valence-corrected chi connectivity index (χ1v) is 9.95. The van der Waals surface area contributed by atoms with Gasteiger partial charge in [-0.2, -0.15) is 0 Å². The summed E-state index contributed by atoms with van der Waals surface area (Å²) in [6.07, 6.45) is 3.17. The molecule has 1 aliphatic rings. The van der Waals surface area contributed by atoms with Crippen molar-refractivity contribution in [3.8, 4) is 11.5 Å². The van der Waals surface area contributed by atoms with Crippen LogP contribution in [0.3, 0.4) is 0 Å². The van der Waals surface area contributed by atoms with Gasteiger partial charge in [-0.3, -0.25) is 9.59 Å². The highest BCUT2D eigenvalue weighted by atomic mass is 79.9. The number of ether oxygens (including phenoxy) is 2. The quantitative estimate of drug-likeness (QED) is 0.741. The molecule has 0 radical (unpaired) electrons. The fraction of sp³-hybridized carbons (Fsp3) is 0.333. The molecule has 0 spiro atoms. The minimum atomic E-state index is -0.344. The number of methoxy groups -OCH3 is 2. The van der Waals surface area contributed by atoms with Crippen molar-refractivity contribution in [2.45, 2.75) is 19.3 Å². The lowest BCUT2D eigenvalue weighted by Crippen LogP contribution is -2.36. The first kappa shape index (κ1) is 20.2. The molecule has 3 rings (SSSR count). The van der Waals surface area contributed by atoms with Crippen LogP contribution in [-0.4, -0.2) is 44.0 Å². The van der Waals surface area contributed by atoms with Crippen molar-refractivity contribution in [2.24, 2.45) is 0 Å². The van der Waals surface area contributed by atoms with Gasteiger partial charge in [0.2, 0.25) is 0 Å². The second-order valence-corrected chi connectivity index (χ2v) is 7.34. The molecule has 2 aromatic rings. The molecule has 1 aliphatic heterocycles.